The normalized spacial score (nSPS) is 22.1. The smallest absolute Gasteiger partial charge is 0.228 e. The van der Waals surface area contributed by atoms with E-state index in [9.17, 15) is 9.59 Å². The highest BCUT2D eigenvalue weighted by Gasteiger charge is 2.44. The largest absolute Gasteiger partial charge is 0.324 e. The lowest BCUT2D eigenvalue weighted by Gasteiger charge is -2.20. The number of benzene rings is 2. The van der Waals surface area contributed by atoms with E-state index in [-0.39, 0.29) is 23.7 Å². The first-order valence-electron chi connectivity index (χ1n) is 8.59. The summed E-state index contributed by atoms with van der Waals surface area (Å²) in [6.45, 7) is 0.718. The van der Waals surface area contributed by atoms with Gasteiger partial charge in [0.25, 0.3) is 0 Å². The number of hydrogen-bond donors (Lipinski definition) is 1. The van der Waals surface area contributed by atoms with Crippen molar-refractivity contribution in [3.8, 4) is 0 Å². The molecule has 2 amide bonds. The molecule has 5 heteroatoms. The predicted molar refractivity (Wildman–Crippen MR) is 102 cm³/mol. The maximum absolute atomic E-state index is 12.7. The van der Waals surface area contributed by atoms with Crippen molar-refractivity contribution in [2.24, 2.45) is 5.92 Å². The number of halogens is 1. The van der Waals surface area contributed by atoms with E-state index in [4.69, 9.17) is 0 Å². The van der Waals surface area contributed by atoms with Gasteiger partial charge < -0.3 is 10.2 Å². The summed E-state index contributed by atoms with van der Waals surface area (Å²) in [5.74, 6) is 0.430. The third-order valence-electron chi connectivity index (χ3n) is 4.93. The van der Waals surface area contributed by atoms with Crippen LogP contribution in [0.15, 0.2) is 53.0 Å². The van der Waals surface area contributed by atoms with Gasteiger partial charge >= 0.3 is 0 Å². The Bertz CT molecular complexity index is 836. The van der Waals surface area contributed by atoms with E-state index in [0.717, 1.165) is 35.2 Å². The molecule has 0 spiro atoms. The molecule has 2 aliphatic rings. The highest BCUT2D eigenvalue weighted by atomic mass is 79.9. The van der Waals surface area contributed by atoms with Gasteiger partial charge in [0.2, 0.25) is 11.8 Å². The van der Waals surface area contributed by atoms with Crippen LogP contribution in [0.25, 0.3) is 0 Å². The van der Waals surface area contributed by atoms with Crippen molar-refractivity contribution in [3.63, 3.8) is 0 Å². The minimum Gasteiger partial charge on any atom is -0.324 e. The first kappa shape index (κ1) is 16.3. The Kier molecular flexibility index (Phi) is 4.34. The van der Waals surface area contributed by atoms with E-state index in [1.54, 1.807) is 4.90 Å². The summed E-state index contributed by atoms with van der Waals surface area (Å²) < 4.78 is 1.04. The van der Waals surface area contributed by atoms with Crippen molar-refractivity contribution in [3.05, 3.63) is 58.6 Å². The lowest BCUT2D eigenvalue weighted by atomic mass is 10.1. The zero-order valence-corrected chi connectivity index (χ0v) is 15.3. The molecule has 2 unspecified atom stereocenters. The fourth-order valence-electron chi connectivity index (χ4n) is 3.53. The molecule has 1 saturated heterocycles. The van der Waals surface area contributed by atoms with Crippen LogP contribution in [0.1, 0.15) is 30.7 Å². The number of nitrogens with zero attached hydrogens (tertiary/aromatic N) is 1. The Morgan fingerprint density at radius 2 is 2.00 bits per heavy atom. The molecule has 0 aromatic heterocycles. The van der Waals surface area contributed by atoms with E-state index in [2.05, 4.69) is 33.4 Å². The number of nitrogens with one attached hydrogen (secondary N) is 1. The second-order valence-corrected chi connectivity index (χ2v) is 7.57. The van der Waals surface area contributed by atoms with Gasteiger partial charge in [-0.25, -0.2) is 0 Å². The Labute approximate surface area is 155 Å². The summed E-state index contributed by atoms with van der Waals surface area (Å²) in [4.78, 5) is 26.5. The first-order chi connectivity index (χ1) is 12.1. The third-order valence-corrected chi connectivity index (χ3v) is 5.42. The van der Waals surface area contributed by atoms with E-state index < -0.39 is 0 Å². The molecular formula is C20H19BrN2O2. The topological polar surface area (TPSA) is 49.4 Å². The van der Waals surface area contributed by atoms with E-state index in [1.807, 2.05) is 36.4 Å². The monoisotopic (exact) mass is 398 g/mol. The van der Waals surface area contributed by atoms with Crippen molar-refractivity contribution < 1.29 is 9.59 Å². The summed E-state index contributed by atoms with van der Waals surface area (Å²) in [7, 11) is 0. The molecule has 128 valence electrons. The van der Waals surface area contributed by atoms with Gasteiger partial charge in [0.15, 0.2) is 0 Å². The van der Waals surface area contributed by atoms with Crippen LogP contribution in [0.4, 0.5) is 11.4 Å². The van der Waals surface area contributed by atoms with Crippen LogP contribution in [0, 0.1) is 5.92 Å². The molecular weight excluding hydrogens is 380 g/mol. The molecule has 4 nitrogen and oxygen atoms in total. The second kappa shape index (κ2) is 6.64. The number of hydrogen-bond acceptors (Lipinski definition) is 2. The molecule has 2 aromatic rings. The van der Waals surface area contributed by atoms with Gasteiger partial charge in [0, 0.05) is 23.4 Å². The third kappa shape index (κ3) is 3.33. The van der Waals surface area contributed by atoms with Gasteiger partial charge in [-0.05, 0) is 48.6 Å². The molecule has 1 N–H and O–H groups in total. The number of amides is 2. The van der Waals surface area contributed by atoms with E-state index in [1.165, 1.54) is 5.56 Å². The van der Waals surface area contributed by atoms with Crippen molar-refractivity contribution in [1.29, 1.82) is 0 Å². The maximum atomic E-state index is 12.7. The SMILES string of the molecule is O=C(Nc1ccccc1N1CCCC1=O)C1CC1c1cccc(Br)c1. The van der Waals surface area contributed by atoms with Crippen LogP contribution in [0.3, 0.4) is 0 Å². The second-order valence-electron chi connectivity index (χ2n) is 6.66. The Balaban J connectivity index is 1.48. The summed E-state index contributed by atoms with van der Waals surface area (Å²) >= 11 is 3.48. The van der Waals surface area contributed by atoms with Crippen LogP contribution in [-0.2, 0) is 9.59 Å². The summed E-state index contributed by atoms with van der Waals surface area (Å²) in [6, 6.07) is 15.7. The molecule has 1 aliphatic carbocycles. The van der Waals surface area contributed by atoms with Crippen LogP contribution in [0.2, 0.25) is 0 Å². The van der Waals surface area contributed by atoms with Gasteiger partial charge in [0.05, 0.1) is 11.4 Å². The number of carbonyl (C=O) groups excluding carboxylic acids is 2. The number of anilines is 2. The Hall–Kier alpha value is -2.14. The molecule has 0 bridgehead atoms. The van der Waals surface area contributed by atoms with Crippen LogP contribution in [0.5, 0.6) is 0 Å². The Morgan fingerprint density at radius 3 is 2.76 bits per heavy atom. The summed E-state index contributed by atoms with van der Waals surface area (Å²) in [6.07, 6.45) is 2.32. The number of para-hydroxylation sites is 2. The Morgan fingerprint density at radius 1 is 1.16 bits per heavy atom. The van der Waals surface area contributed by atoms with Crippen molar-refractivity contribution in [1.82, 2.24) is 0 Å². The van der Waals surface area contributed by atoms with Crippen LogP contribution >= 0.6 is 15.9 Å². The average molecular weight is 399 g/mol. The molecule has 25 heavy (non-hydrogen) atoms. The molecule has 0 radical (unpaired) electrons. The zero-order valence-electron chi connectivity index (χ0n) is 13.7. The highest BCUT2D eigenvalue weighted by Crippen LogP contribution is 2.48. The predicted octanol–water partition coefficient (Wildman–Crippen LogP) is 4.32. The molecule has 4 rings (SSSR count). The van der Waals surface area contributed by atoms with Crippen LogP contribution < -0.4 is 10.2 Å². The maximum Gasteiger partial charge on any atom is 0.228 e. The molecule has 2 aromatic carbocycles. The van der Waals surface area contributed by atoms with E-state index in [0.29, 0.717) is 6.42 Å². The van der Waals surface area contributed by atoms with Gasteiger partial charge in [-0.3, -0.25) is 9.59 Å². The molecule has 2 atom stereocenters. The molecule has 2 fully saturated rings. The minimum atomic E-state index is -0.00312. The van der Waals surface area contributed by atoms with Gasteiger partial charge in [-0.1, -0.05) is 40.2 Å². The lowest BCUT2D eigenvalue weighted by molar-refractivity contribution is -0.118. The van der Waals surface area contributed by atoms with Gasteiger partial charge in [-0.15, -0.1) is 0 Å². The molecule has 1 aliphatic heterocycles. The van der Waals surface area contributed by atoms with Crippen LogP contribution in [-0.4, -0.2) is 18.4 Å². The highest BCUT2D eigenvalue weighted by molar-refractivity contribution is 9.10. The molecule has 1 heterocycles. The van der Waals surface area contributed by atoms with Crippen molar-refractivity contribution in [2.45, 2.75) is 25.2 Å². The standard InChI is InChI=1S/C20H19BrN2O2/c21-14-6-3-5-13(11-14)15-12-16(15)20(25)22-17-7-1-2-8-18(17)23-10-4-9-19(23)24/h1-3,5-8,11,15-16H,4,9-10,12H2,(H,22,25). The fraction of sp³-hybridized carbons (Fsp3) is 0.300. The van der Waals surface area contributed by atoms with Crippen molar-refractivity contribution in [2.75, 3.05) is 16.8 Å². The van der Waals surface area contributed by atoms with Gasteiger partial charge in [0.1, 0.15) is 0 Å². The zero-order chi connectivity index (χ0) is 17.4. The summed E-state index contributed by atoms with van der Waals surface area (Å²) in [5.41, 5.74) is 2.72. The molecule has 1 saturated carbocycles. The summed E-state index contributed by atoms with van der Waals surface area (Å²) in [5, 5.41) is 3.04. The number of carbonyl (C=O) groups is 2. The van der Waals surface area contributed by atoms with E-state index >= 15 is 0 Å². The van der Waals surface area contributed by atoms with Gasteiger partial charge in [-0.2, -0.15) is 0 Å². The number of rotatable bonds is 4. The first-order valence-corrected chi connectivity index (χ1v) is 9.38. The quantitative estimate of drug-likeness (QED) is 0.833. The fourth-order valence-corrected chi connectivity index (χ4v) is 3.95. The average Bonchev–Trinajstić information content (AvgIpc) is 3.31. The minimum absolute atomic E-state index is 0.00312. The van der Waals surface area contributed by atoms with Crippen molar-refractivity contribution >= 4 is 39.1 Å². The lowest BCUT2D eigenvalue weighted by Crippen LogP contribution is -2.26.